The molecular formula is C10H18BrN3. The number of unbranched alkanes of at least 4 members (excludes halogenated alkanes) is 1. The molecule has 1 aromatic heterocycles. The van der Waals surface area contributed by atoms with Gasteiger partial charge >= 0.3 is 0 Å². The molecule has 0 aliphatic carbocycles. The number of hydrogen-bond donors (Lipinski definition) is 0. The third kappa shape index (κ3) is 2.56. The first-order valence-corrected chi connectivity index (χ1v) is 5.85. The van der Waals surface area contributed by atoms with Crippen LogP contribution in [0.5, 0.6) is 0 Å². The van der Waals surface area contributed by atoms with E-state index in [1.165, 1.54) is 6.42 Å². The highest BCUT2D eigenvalue weighted by atomic mass is 79.9. The summed E-state index contributed by atoms with van der Waals surface area (Å²) >= 11 is 3.56. The van der Waals surface area contributed by atoms with Gasteiger partial charge in [-0.1, -0.05) is 39.3 Å². The summed E-state index contributed by atoms with van der Waals surface area (Å²) in [6.07, 6.45) is 2.32. The van der Waals surface area contributed by atoms with Crippen molar-refractivity contribution in [1.29, 1.82) is 0 Å². The molecule has 0 aliphatic heterocycles. The van der Waals surface area contributed by atoms with Crippen molar-refractivity contribution < 1.29 is 0 Å². The van der Waals surface area contributed by atoms with E-state index in [9.17, 15) is 0 Å². The molecule has 0 radical (unpaired) electrons. The van der Waals surface area contributed by atoms with Gasteiger partial charge in [0, 0.05) is 12.0 Å². The van der Waals surface area contributed by atoms with Crippen LogP contribution in [0.3, 0.4) is 0 Å². The molecule has 1 aromatic rings. The molecule has 1 rings (SSSR count). The van der Waals surface area contributed by atoms with Gasteiger partial charge in [0.1, 0.15) is 10.3 Å². The topological polar surface area (TPSA) is 30.7 Å². The Kier molecular flexibility index (Phi) is 3.70. The molecule has 0 bridgehead atoms. The molecule has 3 nitrogen and oxygen atoms in total. The van der Waals surface area contributed by atoms with Gasteiger partial charge in [-0.15, -0.1) is 5.10 Å². The monoisotopic (exact) mass is 259 g/mol. The molecule has 0 aromatic carbocycles. The fraction of sp³-hybridized carbons (Fsp3) is 0.800. The molecule has 0 fully saturated rings. The van der Waals surface area contributed by atoms with E-state index < -0.39 is 0 Å². The van der Waals surface area contributed by atoms with Crippen molar-refractivity contribution >= 4 is 15.9 Å². The maximum absolute atomic E-state index is 4.21. The van der Waals surface area contributed by atoms with Crippen molar-refractivity contribution in [3.8, 4) is 0 Å². The standard InChI is InChI=1S/C10H18BrN3/c1-5-6-7-14-9(11)8(12-13-14)10(2,3)4/h5-7H2,1-4H3. The first kappa shape index (κ1) is 11.7. The van der Waals surface area contributed by atoms with Crippen LogP contribution in [0.1, 0.15) is 46.2 Å². The van der Waals surface area contributed by atoms with E-state index in [-0.39, 0.29) is 5.41 Å². The number of halogens is 1. The van der Waals surface area contributed by atoms with Gasteiger partial charge in [0.05, 0.1) is 0 Å². The van der Waals surface area contributed by atoms with Crippen molar-refractivity contribution in [2.45, 2.75) is 52.5 Å². The lowest BCUT2D eigenvalue weighted by atomic mass is 9.93. The van der Waals surface area contributed by atoms with Crippen LogP contribution >= 0.6 is 15.9 Å². The summed E-state index contributed by atoms with van der Waals surface area (Å²) in [6, 6.07) is 0. The predicted octanol–water partition coefficient (Wildman–Crippen LogP) is 3.14. The van der Waals surface area contributed by atoms with Gasteiger partial charge in [-0.05, 0) is 22.4 Å². The van der Waals surface area contributed by atoms with E-state index in [1.54, 1.807) is 0 Å². The lowest BCUT2D eigenvalue weighted by molar-refractivity contribution is 0.544. The summed E-state index contributed by atoms with van der Waals surface area (Å²) in [5.41, 5.74) is 1.09. The Morgan fingerprint density at radius 2 is 2.00 bits per heavy atom. The van der Waals surface area contributed by atoms with E-state index in [0.717, 1.165) is 23.3 Å². The van der Waals surface area contributed by atoms with E-state index >= 15 is 0 Å². The first-order valence-electron chi connectivity index (χ1n) is 5.06. The molecule has 0 saturated carbocycles. The summed E-state index contributed by atoms with van der Waals surface area (Å²) in [4.78, 5) is 0. The molecule has 1 heterocycles. The third-order valence-electron chi connectivity index (χ3n) is 2.11. The van der Waals surface area contributed by atoms with Gasteiger partial charge in [0.15, 0.2) is 0 Å². The van der Waals surface area contributed by atoms with Gasteiger partial charge in [0.25, 0.3) is 0 Å². The number of hydrogen-bond acceptors (Lipinski definition) is 2. The minimum Gasteiger partial charge on any atom is -0.238 e. The van der Waals surface area contributed by atoms with Crippen molar-refractivity contribution in [3.63, 3.8) is 0 Å². The minimum absolute atomic E-state index is 0.0588. The van der Waals surface area contributed by atoms with Gasteiger partial charge in [0.2, 0.25) is 0 Å². The average Bonchev–Trinajstić information content (AvgIpc) is 2.42. The Balaban J connectivity index is 2.86. The number of aryl methyl sites for hydroxylation is 1. The molecule has 0 saturated heterocycles. The molecule has 14 heavy (non-hydrogen) atoms. The summed E-state index contributed by atoms with van der Waals surface area (Å²) in [6.45, 7) is 9.56. The normalized spacial score (nSPS) is 12.1. The highest BCUT2D eigenvalue weighted by Crippen LogP contribution is 2.27. The van der Waals surface area contributed by atoms with Crippen molar-refractivity contribution in [3.05, 3.63) is 10.3 Å². The van der Waals surface area contributed by atoms with Crippen LogP contribution in [-0.2, 0) is 12.0 Å². The fourth-order valence-corrected chi connectivity index (χ4v) is 2.13. The lowest BCUT2D eigenvalue weighted by Crippen LogP contribution is -2.12. The molecule has 0 atom stereocenters. The smallest absolute Gasteiger partial charge is 0.128 e. The molecule has 80 valence electrons. The van der Waals surface area contributed by atoms with Crippen LogP contribution in [0.2, 0.25) is 0 Å². The van der Waals surface area contributed by atoms with Crippen LogP contribution in [0.15, 0.2) is 4.60 Å². The molecule has 0 spiro atoms. The Bertz CT molecular complexity index is 299. The van der Waals surface area contributed by atoms with Crippen LogP contribution in [0.4, 0.5) is 0 Å². The maximum Gasteiger partial charge on any atom is 0.128 e. The quantitative estimate of drug-likeness (QED) is 0.835. The highest BCUT2D eigenvalue weighted by molar-refractivity contribution is 9.10. The number of nitrogens with zero attached hydrogens (tertiary/aromatic N) is 3. The van der Waals surface area contributed by atoms with Crippen LogP contribution in [-0.4, -0.2) is 15.0 Å². The fourth-order valence-electron chi connectivity index (χ4n) is 1.21. The third-order valence-corrected chi connectivity index (χ3v) is 2.89. The molecule has 0 N–H and O–H groups in total. The summed E-state index contributed by atoms with van der Waals surface area (Å²) in [5.74, 6) is 0. The predicted molar refractivity (Wildman–Crippen MR) is 61.3 cm³/mol. The largest absolute Gasteiger partial charge is 0.238 e. The Morgan fingerprint density at radius 1 is 1.36 bits per heavy atom. The second kappa shape index (κ2) is 4.43. The van der Waals surface area contributed by atoms with Crippen molar-refractivity contribution in [1.82, 2.24) is 15.0 Å². The second-order valence-corrected chi connectivity index (χ2v) is 5.31. The van der Waals surface area contributed by atoms with E-state index in [4.69, 9.17) is 0 Å². The maximum atomic E-state index is 4.21. The average molecular weight is 260 g/mol. The van der Waals surface area contributed by atoms with Crippen LogP contribution < -0.4 is 0 Å². The van der Waals surface area contributed by atoms with Gasteiger partial charge in [-0.3, -0.25) is 0 Å². The zero-order valence-electron chi connectivity index (χ0n) is 9.34. The molecule has 0 amide bonds. The lowest BCUT2D eigenvalue weighted by Gasteiger charge is -2.14. The zero-order valence-corrected chi connectivity index (χ0v) is 10.9. The summed E-state index contributed by atoms with van der Waals surface area (Å²) in [7, 11) is 0. The van der Waals surface area contributed by atoms with Crippen LogP contribution in [0, 0.1) is 0 Å². The van der Waals surface area contributed by atoms with E-state index in [0.29, 0.717) is 0 Å². The first-order chi connectivity index (χ1) is 6.46. The van der Waals surface area contributed by atoms with E-state index in [1.807, 2.05) is 4.68 Å². The van der Waals surface area contributed by atoms with Crippen molar-refractivity contribution in [2.75, 3.05) is 0 Å². The number of rotatable bonds is 3. The molecule has 0 unspecified atom stereocenters. The SMILES string of the molecule is CCCCn1nnc(C(C)(C)C)c1Br. The molecule has 0 aliphatic rings. The van der Waals surface area contributed by atoms with Crippen LogP contribution in [0.25, 0.3) is 0 Å². The Hall–Kier alpha value is -0.380. The van der Waals surface area contributed by atoms with Gasteiger partial charge in [-0.2, -0.15) is 0 Å². The minimum atomic E-state index is 0.0588. The summed E-state index contributed by atoms with van der Waals surface area (Å²) < 4.78 is 2.96. The molecule has 4 heteroatoms. The molecular weight excluding hydrogens is 242 g/mol. The zero-order chi connectivity index (χ0) is 10.8. The van der Waals surface area contributed by atoms with Crippen molar-refractivity contribution in [2.24, 2.45) is 0 Å². The van der Waals surface area contributed by atoms with E-state index in [2.05, 4.69) is 53.9 Å². The number of aromatic nitrogens is 3. The van der Waals surface area contributed by atoms with Gasteiger partial charge < -0.3 is 0 Å². The second-order valence-electron chi connectivity index (χ2n) is 4.56. The highest BCUT2D eigenvalue weighted by Gasteiger charge is 2.22. The Labute approximate surface area is 94.0 Å². The summed E-state index contributed by atoms with van der Waals surface area (Å²) in [5, 5.41) is 8.35. The van der Waals surface area contributed by atoms with Gasteiger partial charge in [-0.25, -0.2) is 4.68 Å². The Morgan fingerprint density at radius 3 is 2.43 bits per heavy atom.